The molecule has 0 unspecified atom stereocenters. The van der Waals surface area contributed by atoms with Crippen molar-refractivity contribution in [1.82, 2.24) is 17.3 Å². The van der Waals surface area contributed by atoms with E-state index in [9.17, 15) is 19.8 Å². The van der Waals surface area contributed by atoms with E-state index in [0.717, 1.165) is 12.1 Å². The molecule has 0 atom stereocenters. The van der Waals surface area contributed by atoms with Gasteiger partial charge in [0.25, 0.3) is 0 Å². The van der Waals surface area contributed by atoms with Crippen LogP contribution < -0.4 is 22.5 Å². The van der Waals surface area contributed by atoms with Crippen molar-refractivity contribution in [2.24, 2.45) is 0 Å². The molecule has 6 N–H and O–H groups in total. The molecule has 1 radical (unpaired) electrons. The summed E-state index contributed by atoms with van der Waals surface area (Å²) >= 11 is 0. The van der Waals surface area contributed by atoms with Gasteiger partial charge in [0.15, 0.2) is 0 Å². The number of pyridine rings is 1. The van der Waals surface area contributed by atoms with Gasteiger partial charge in [-0.3, -0.25) is 0 Å². The summed E-state index contributed by atoms with van der Waals surface area (Å²) in [6.45, 7) is 0. The van der Waals surface area contributed by atoms with Gasteiger partial charge in [0.1, 0.15) is 0 Å². The van der Waals surface area contributed by atoms with Crippen LogP contribution in [0.2, 0.25) is 0 Å². The number of rotatable bonds is 2. The number of aromatic carboxylic acids is 2. The maximum absolute atomic E-state index is 10.2. The first-order valence-corrected chi connectivity index (χ1v) is 3.01. The maximum Gasteiger partial charge on any atom is 2.00 e. The van der Waals surface area contributed by atoms with Crippen molar-refractivity contribution >= 4 is 11.9 Å². The fourth-order valence-electron chi connectivity index (χ4n) is 0.662. The quantitative estimate of drug-likeness (QED) is 0.589. The topological polar surface area (TPSA) is 163 Å². The van der Waals surface area contributed by atoms with Crippen LogP contribution in [0.25, 0.3) is 0 Å². The Morgan fingerprint density at radius 1 is 1.00 bits per heavy atom. The zero-order valence-corrected chi connectivity index (χ0v) is 8.47. The molecular weight excluding hydrogens is 254 g/mol. The van der Waals surface area contributed by atoms with Crippen LogP contribution in [-0.4, -0.2) is 16.9 Å². The maximum atomic E-state index is 10.2. The van der Waals surface area contributed by atoms with Crippen LogP contribution in [0.4, 0.5) is 0 Å². The van der Waals surface area contributed by atoms with Crippen LogP contribution in [0, 0.1) is 0 Å². The molecule has 0 saturated heterocycles. The molecule has 1 rings (SSSR count). The number of carboxylic acids is 2. The van der Waals surface area contributed by atoms with E-state index in [1.807, 2.05) is 0 Å². The minimum atomic E-state index is -1.52. The molecule has 0 aliphatic rings. The summed E-state index contributed by atoms with van der Waals surface area (Å²) in [5.74, 6) is -3.03. The average molecular weight is 263 g/mol. The van der Waals surface area contributed by atoms with Gasteiger partial charge < -0.3 is 32.1 Å². The average Bonchev–Trinajstić information content (AvgIpc) is 2.04. The summed E-state index contributed by atoms with van der Waals surface area (Å²) in [6.07, 6.45) is 0. The van der Waals surface area contributed by atoms with Crippen molar-refractivity contribution in [1.29, 1.82) is 0 Å². The predicted octanol–water partition coefficient (Wildman–Crippen LogP) is -1.87. The molecule has 0 bridgehead atoms. The SMILES string of the molecule is N.N.O=C([O-])c1cccc(C(=O)[O-])n1.[Cu+2]. The Morgan fingerprint density at radius 2 is 1.33 bits per heavy atom. The Bertz CT molecular complexity index is 316. The molecule has 0 fully saturated rings. The zero-order valence-electron chi connectivity index (χ0n) is 7.53. The minimum absolute atomic E-state index is 0. The summed E-state index contributed by atoms with van der Waals surface area (Å²) < 4.78 is 0. The molecular formula is C7H9CuN3O4. The van der Waals surface area contributed by atoms with Gasteiger partial charge in [-0.1, -0.05) is 6.07 Å². The van der Waals surface area contributed by atoms with Crippen LogP contribution >= 0.6 is 0 Å². The molecule has 0 amide bonds. The standard InChI is InChI=1S/C7H5NO4.Cu.2H3N/c9-6(10)4-2-1-3-5(8-4)7(11)12;;;/h1-3H,(H,9,10)(H,11,12);;2*1H3/q;+2;;/p-2. The summed E-state index contributed by atoms with van der Waals surface area (Å²) in [5.41, 5.74) is -0.839. The Balaban J connectivity index is -0.000000480. The molecule has 0 aromatic carbocycles. The number of carbonyl (C=O) groups is 2. The molecule has 15 heavy (non-hydrogen) atoms. The minimum Gasteiger partial charge on any atom is -0.543 e. The molecule has 1 aromatic heterocycles. The van der Waals surface area contributed by atoms with Crippen molar-refractivity contribution in [3.8, 4) is 0 Å². The molecule has 0 spiro atoms. The normalized spacial score (nSPS) is 7.47. The molecule has 0 aliphatic heterocycles. The van der Waals surface area contributed by atoms with E-state index >= 15 is 0 Å². The number of nitrogens with zero attached hydrogens (tertiary/aromatic N) is 1. The Hall–Kier alpha value is -1.47. The van der Waals surface area contributed by atoms with Crippen molar-refractivity contribution < 1.29 is 36.9 Å². The second-order valence-electron chi connectivity index (χ2n) is 1.98. The van der Waals surface area contributed by atoms with E-state index in [4.69, 9.17) is 0 Å². The fourth-order valence-corrected chi connectivity index (χ4v) is 0.662. The smallest absolute Gasteiger partial charge is 0.543 e. The summed E-state index contributed by atoms with van der Waals surface area (Å²) in [5, 5.41) is 20.4. The van der Waals surface area contributed by atoms with Crippen LogP contribution in [0.5, 0.6) is 0 Å². The number of aromatic nitrogens is 1. The van der Waals surface area contributed by atoms with Crippen LogP contribution in [0.3, 0.4) is 0 Å². The number of hydrogen-bond acceptors (Lipinski definition) is 7. The van der Waals surface area contributed by atoms with Gasteiger partial charge in [-0.15, -0.1) is 0 Å². The third-order valence-corrected chi connectivity index (χ3v) is 1.17. The largest absolute Gasteiger partial charge is 2.00 e. The van der Waals surface area contributed by atoms with Gasteiger partial charge >= 0.3 is 17.1 Å². The second-order valence-corrected chi connectivity index (χ2v) is 1.98. The Morgan fingerprint density at radius 3 is 1.60 bits per heavy atom. The first-order chi connectivity index (χ1) is 5.61. The number of carboxylic acid groups (broad SMARTS) is 2. The van der Waals surface area contributed by atoms with Gasteiger partial charge in [0, 0.05) is 0 Å². The monoisotopic (exact) mass is 262 g/mol. The van der Waals surface area contributed by atoms with E-state index in [2.05, 4.69) is 4.98 Å². The van der Waals surface area contributed by atoms with Crippen molar-refractivity contribution in [2.75, 3.05) is 0 Å². The molecule has 0 saturated carbocycles. The first kappa shape index (κ1) is 19.2. The molecule has 0 aliphatic carbocycles. The molecule has 1 heterocycles. The molecule has 7 nitrogen and oxygen atoms in total. The fraction of sp³-hybridized carbons (Fsp3) is 0. The van der Waals surface area contributed by atoms with Gasteiger partial charge in [-0.05, 0) is 12.1 Å². The zero-order chi connectivity index (χ0) is 9.14. The first-order valence-electron chi connectivity index (χ1n) is 3.01. The summed E-state index contributed by atoms with van der Waals surface area (Å²) in [7, 11) is 0. The van der Waals surface area contributed by atoms with E-state index < -0.39 is 23.3 Å². The second kappa shape index (κ2) is 7.89. The van der Waals surface area contributed by atoms with Crippen molar-refractivity contribution in [2.45, 2.75) is 0 Å². The van der Waals surface area contributed by atoms with Gasteiger partial charge in [0.05, 0.1) is 23.3 Å². The van der Waals surface area contributed by atoms with E-state index in [0.29, 0.717) is 0 Å². The van der Waals surface area contributed by atoms with Gasteiger partial charge in [-0.25, -0.2) is 4.98 Å². The number of carbonyl (C=O) groups excluding carboxylic acids is 2. The number of hydrogen-bond donors (Lipinski definition) is 2. The van der Waals surface area contributed by atoms with Crippen LogP contribution in [0.1, 0.15) is 21.0 Å². The molecule has 8 heteroatoms. The van der Waals surface area contributed by atoms with E-state index in [1.54, 1.807) is 0 Å². The van der Waals surface area contributed by atoms with Gasteiger partial charge in [-0.2, -0.15) is 0 Å². The Kier molecular flexibility index (Phi) is 10.1. The van der Waals surface area contributed by atoms with Crippen LogP contribution in [0.15, 0.2) is 18.2 Å². The summed E-state index contributed by atoms with van der Waals surface area (Å²) in [6, 6.07) is 3.53. The van der Waals surface area contributed by atoms with Crippen molar-refractivity contribution in [3.05, 3.63) is 29.6 Å². The van der Waals surface area contributed by atoms with E-state index in [-0.39, 0.29) is 29.4 Å². The third-order valence-electron chi connectivity index (χ3n) is 1.17. The van der Waals surface area contributed by atoms with Gasteiger partial charge in [0.2, 0.25) is 0 Å². The molecule has 1 aromatic rings. The molecule has 87 valence electrons. The van der Waals surface area contributed by atoms with Crippen molar-refractivity contribution in [3.63, 3.8) is 0 Å². The predicted molar refractivity (Wildman–Crippen MR) is 42.9 cm³/mol. The van der Waals surface area contributed by atoms with E-state index in [1.165, 1.54) is 6.07 Å². The van der Waals surface area contributed by atoms with Crippen LogP contribution in [-0.2, 0) is 17.1 Å². The third kappa shape index (κ3) is 5.08. The Labute approximate surface area is 96.2 Å². The summed E-state index contributed by atoms with van der Waals surface area (Å²) in [4.78, 5) is 23.6.